The number of benzene rings is 2. The van der Waals surface area contributed by atoms with E-state index in [9.17, 15) is 9.18 Å². The summed E-state index contributed by atoms with van der Waals surface area (Å²) in [6, 6.07) is 14.1. The molecule has 0 unspecified atom stereocenters. The van der Waals surface area contributed by atoms with Crippen LogP contribution in [0.3, 0.4) is 0 Å². The number of aryl methyl sites for hydroxylation is 1. The monoisotopic (exact) mass is 326 g/mol. The van der Waals surface area contributed by atoms with Crippen molar-refractivity contribution in [1.29, 1.82) is 0 Å². The van der Waals surface area contributed by atoms with Crippen molar-refractivity contribution in [2.75, 3.05) is 0 Å². The molecule has 1 fully saturated rings. The van der Waals surface area contributed by atoms with Crippen LogP contribution in [0.5, 0.6) is 0 Å². The number of rotatable bonds is 6. The average Bonchev–Trinajstić information content (AvgIpc) is 3.37. The molecule has 0 radical (unpaired) electrons. The molecule has 126 valence electrons. The van der Waals surface area contributed by atoms with Gasteiger partial charge in [-0.1, -0.05) is 36.4 Å². The Balaban J connectivity index is 1.82. The van der Waals surface area contributed by atoms with Gasteiger partial charge in [-0.3, -0.25) is 10.1 Å². The lowest BCUT2D eigenvalue weighted by Gasteiger charge is -2.24. The molecule has 0 heterocycles. The maximum Gasteiger partial charge on any atom is 0.241 e. The number of nitrogens with one attached hydrogen (secondary N) is 2. The topological polar surface area (TPSA) is 41.1 Å². The zero-order valence-electron chi connectivity index (χ0n) is 14.1. The van der Waals surface area contributed by atoms with E-state index in [1.165, 1.54) is 17.7 Å². The van der Waals surface area contributed by atoms with Crippen LogP contribution in [0.25, 0.3) is 0 Å². The number of halogens is 1. The molecule has 1 aliphatic carbocycles. The predicted octanol–water partition coefficient (Wildman–Crippen LogP) is 3.80. The fourth-order valence-corrected chi connectivity index (χ4v) is 2.90. The Kier molecular flexibility index (Phi) is 4.95. The van der Waals surface area contributed by atoms with Crippen LogP contribution in [0.4, 0.5) is 4.39 Å². The van der Waals surface area contributed by atoms with Crippen molar-refractivity contribution in [3.8, 4) is 0 Å². The Morgan fingerprint density at radius 1 is 1.12 bits per heavy atom. The van der Waals surface area contributed by atoms with Gasteiger partial charge >= 0.3 is 0 Å². The first kappa shape index (κ1) is 16.7. The van der Waals surface area contributed by atoms with Gasteiger partial charge in [0, 0.05) is 12.1 Å². The Morgan fingerprint density at radius 3 is 2.42 bits per heavy atom. The normalized spacial score (nSPS) is 16.5. The quantitative estimate of drug-likeness (QED) is 0.847. The van der Waals surface area contributed by atoms with Gasteiger partial charge in [-0.15, -0.1) is 0 Å². The van der Waals surface area contributed by atoms with Crippen molar-refractivity contribution in [2.24, 2.45) is 0 Å². The lowest BCUT2D eigenvalue weighted by Crippen LogP contribution is -2.39. The van der Waals surface area contributed by atoms with E-state index in [1.807, 2.05) is 19.1 Å². The van der Waals surface area contributed by atoms with E-state index in [2.05, 4.69) is 29.7 Å². The van der Waals surface area contributed by atoms with Gasteiger partial charge in [0.25, 0.3) is 0 Å². The summed E-state index contributed by atoms with van der Waals surface area (Å²) in [5.74, 6) is -0.350. The van der Waals surface area contributed by atoms with Crippen LogP contribution in [0.1, 0.15) is 48.5 Å². The summed E-state index contributed by atoms with van der Waals surface area (Å²) in [6.45, 7) is 4.11. The first-order chi connectivity index (χ1) is 11.5. The SMILES string of the molecule is Cc1ccccc1[C@H](C)N[C@H](C(=O)NC1CC1)c1ccc(F)cc1. The zero-order chi connectivity index (χ0) is 17.1. The fourth-order valence-electron chi connectivity index (χ4n) is 2.90. The van der Waals surface area contributed by atoms with Gasteiger partial charge in [0.15, 0.2) is 0 Å². The third-order valence-electron chi connectivity index (χ3n) is 4.46. The van der Waals surface area contributed by atoms with E-state index in [0.29, 0.717) is 0 Å². The Morgan fingerprint density at radius 2 is 1.79 bits per heavy atom. The maximum absolute atomic E-state index is 13.2. The van der Waals surface area contributed by atoms with E-state index in [1.54, 1.807) is 12.1 Å². The lowest BCUT2D eigenvalue weighted by molar-refractivity contribution is -0.123. The van der Waals surface area contributed by atoms with Crippen LogP contribution in [-0.4, -0.2) is 11.9 Å². The van der Waals surface area contributed by atoms with Crippen LogP contribution < -0.4 is 10.6 Å². The lowest BCUT2D eigenvalue weighted by atomic mass is 9.99. The molecule has 4 heteroatoms. The summed E-state index contributed by atoms with van der Waals surface area (Å²) < 4.78 is 13.2. The number of hydrogen-bond acceptors (Lipinski definition) is 2. The van der Waals surface area contributed by atoms with Crippen molar-refractivity contribution < 1.29 is 9.18 Å². The van der Waals surface area contributed by atoms with Gasteiger partial charge in [0.05, 0.1) is 0 Å². The van der Waals surface area contributed by atoms with E-state index in [0.717, 1.165) is 24.0 Å². The zero-order valence-corrected chi connectivity index (χ0v) is 14.1. The highest BCUT2D eigenvalue weighted by Gasteiger charge is 2.29. The first-order valence-corrected chi connectivity index (χ1v) is 8.42. The summed E-state index contributed by atoms with van der Waals surface area (Å²) in [5.41, 5.74) is 3.11. The van der Waals surface area contributed by atoms with Gasteiger partial charge in [0.2, 0.25) is 5.91 Å². The number of carbonyl (C=O) groups is 1. The molecule has 0 saturated heterocycles. The first-order valence-electron chi connectivity index (χ1n) is 8.42. The van der Waals surface area contributed by atoms with Crippen molar-refractivity contribution in [3.05, 3.63) is 71.0 Å². The molecule has 0 spiro atoms. The van der Waals surface area contributed by atoms with Crippen LogP contribution in [0.15, 0.2) is 48.5 Å². The minimum atomic E-state index is -0.499. The van der Waals surface area contributed by atoms with E-state index in [-0.39, 0.29) is 23.8 Å². The molecular weight excluding hydrogens is 303 g/mol. The van der Waals surface area contributed by atoms with Crippen molar-refractivity contribution in [1.82, 2.24) is 10.6 Å². The molecule has 0 aliphatic heterocycles. The average molecular weight is 326 g/mol. The number of amides is 1. The van der Waals surface area contributed by atoms with Gasteiger partial charge in [0.1, 0.15) is 11.9 Å². The molecule has 0 bridgehead atoms. The van der Waals surface area contributed by atoms with Crippen LogP contribution >= 0.6 is 0 Å². The molecule has 2 N–H and O–H groups in total. The molecule has 0 aromatic heterocycles. The highest BCUT2D eigenvalue weighted by atomic mass is 19.1. The summed E-state index contributed by atoms with van der Waals surface area (Å²) in [4.78, 5) is 12.7. The molecular formula is C20H23FN2O. The van der Waals surface area contributed by atoms with Gasteiger partial charge in [-0.05, 0) is 55.5 Å². The highest BCUT2D eigenvalue weighted by Crippen LogP contribution is 2.25. The molecule has 1 saturated carbocycles. The molecule has 3 rings (SSSR count). The summed E-state index contributed by atoms with van der Waals surface area (Å²) in [7, 11) is 0. The van der Waals surface area contributed by atoms with Crippen molar-refractivity contribution in [3.63, 3.8) is 0 Å². The third kappa shape index (κ3) is 4.01. The Hall–Kier alpha value is -2.20. The molecule has 2 aromatic carbocycles. The fraction of sp³-hybridized carbons (Fsp3) is 0.350. The van der Waals surface area contributed by atoms with E-state index >= 15 is 0 Å². The minimum absolute atomic E-state index is 0.00575. The van der Waals surface area contributed by atoms with Gasteiger partial charge in [-0.25, -0.2) is 4.39 Å². The van der Waals surface area contributed by atoms with Gasteiger partial charge < -0.3 is 5.32 Å². The molecule has 2 aromatic rings. The van der Waals surface area contributed by atoms with Crippen molar-refractivity contribution in [2.45, 2.75) is 44.8 Å². The largest absolute Gasteiger partial charge is 0.352 e. The molecule has 1 aliphatic rings. The Bertz CT molecular complexity index is 710. The summed E-state index contributed by atoms with van der Waals surface area (Å²) in [6.07, 6.45) is 2.07. The van der Waals surface area contributed by atoms with Crippen LogP contribution in [0.2, 0.25) is 0 Å². The summed E-state index contributed by atoms with van der Waals surface area (Å²) in [5, 5.41) is 6.45. The third-order valence-corrected chi connectivity index (χ3v) is 4.46. The van der Waals surface area contributed by atoms with E-state index in [4.69, 9.17) is 0 Å². The highest BCUT2D eigenvalue weighted by molar-refractivity contribution is 5.83. The molecule has 3 nitrogen and oxygen atoms in total. The molecule has 2 atom stereocenters. The second kappa shape index (κ2) is 7.14. The van der Waals surface area contributed by atoms with Crippen LogP contribution in [0, 0.1) is 12.7 Å². The maximum atomic E-state index is 13.2. The standard InChI is InChI=1S/C20H23FN2O/c1-13-5-3-4-6-18(13)14(2)22-19(20(24)23-17-11-12-17)15-7-9-16(21)10-8-15/h3-10,14,17,19,22H,11-12H2,1-2H3,(H,23,24)/t14-,19-/m0/s1. The second-order valence-electron chi connectivity index (χ2n) is 6.51. The minimum Gasteiger partial charge on any atom is -0.352 e. The predicted molar refractivity (Wildman–Crippen MR) is 93.0 cm³/mol. The smallest absolute Gasteiger partial charge is 0.241 e. The van der Waals surface area contributed by atoms with Crippen LogP contribution in [-0.2, 0) is 4.79 Å². The van der Waals surface area contributed by atoms with Crippen molar-refractivity contribution >= 4 is 5.91 Å². The molecule has 1 amide bonds. The second-order valence-corrected chi connectivity index (χ2v) is 6.51. The Labute approximate surface area is 142 Å². The van der Waals surface area contributed by atoms with E-state index < -0.39 is 6.04 Å². The number of carbonyl (C=O) groups excluding carboxylic acids is 1. The summed E-state index contributed by atoms with van der Waals surface area (Å²) >= 11 is 0. The molecule has 24 heavy (non-hydrogen) atoms. The number of hydrogen-bond donors (Lipinski definition) is 2. The van der Waals surface area contributed by atoms with Gasteiger partial charge in [-0.2, -0.15) is 0 Å².